The Morgan fingerprint density at radius 2 is 1.81 bits per heavy atom. The number of benzene rings is 1. The molecule has 1 aromatic heterocycles. The first-order valence-electron chi connectivity index (χ1n) is 7.36. The van der Waals surface area contributed by atoms with Crippen LogP contribution in [0.3, 0.4) is 0 Å². The van der Waals surface area contributed by atoms with Crippen molar-refractivity contribution in [3.05, 3.63) is 42.1 Å². The largest absolute Gasteiger partial charge is 0.354 e. The Labute approximate surface area is 126 Å². The van der Waals surface area contributed by atoms with E-state index in [0.717, 1.165) is 31.7 Å². The van der Waals surface area contributed by atoms with Gasteiger partial charge in [-0.05, 0) is 12.0 Å². The van der Waals surface area contributed by atoms with Crippen LogP contribution in [-0.4, -0.2) is 35.8 Å². The fraction of sp³-hybridized carbons (Fsp3) is 0.438. The summed E-state index contributed by atoms with van der Waals surface area (Å²) in [6.07, 6.45) is 4.00. The second-order valence-electron chi connectivity index (χ2n) is 5.23. The topological polar surface area (TPSA) is 45.2 Å². The molecule has 21 heavy (non-hydrogen) atoms. The van der Waals surface area contributed by atoms with Crippen LogP contribution >= 0.6 is 0 Å². The van der Waals surface area contributed by atoms with Crippen LogP contribution < -0.4 is 9.80 Å². The van der Waals surface area contributed by atoms with Gasteiger partial charge in [-0.15, -0.1) is 5.10 Å². The zero-order valence-corrected chi connectivity index (χ0v) is 13.0. The number of aromatic nitrogens is 3. The fourth-order valence-electron chi connectivity index (χ4n) is 2.07. The lowest BCUT2D eigenvalue weighted by atomic mass is 10.2. The second kappa shape index (κ2) is 7.57. The highest BCUT2D eigenvalue weighted by atomic mass is 15.3. The molecule has 1 heterocycles. The van der Waals surface area contributed by atoms with Crippen molar-refractivity contribution in [1.29, 1.82) is 0 Å². The minimum absolute atomic E-state index is 0.681. The second-order valence-corrected chi connectivity index (χ2v) is 5.23. The number of hydrogen-bond donors (Lipinski definition) is 0. The van der Waals surface area contributed by atoms with Crippen molar-refractivity contribution in [2.45, 2.75) is 26.3 Å². The van der Waals surface area contributed by atoms with Gasteiger partial charge < -0.3 is 9.80 Å². The summed E-state index contributed by atoms with van der Waals surface area (Å²) < 4.78 is 0. The van der Waals surface area contributed by atoms with Gasteiger partial charge in [0.05, 0.1) is 6.20 Å². The van der Waals surface area contributed by atoms with Crippen LogP contribution in [0.4, 0.5) is 11.8 Å². The van der Waals surface area contributed by atoms with Gasteiger partial charge in [0.25, 0.3) is 0 Å². The average molecular weight is 285 g/mol. The molecule has 2 aromatic rings. The minimum Gasteiger partial charge on any atom is -0.354 e. The maximum absolute atomic E-state index is 4.60. The summed E-state index contributed by atoms with van der Waals surface area (Å²) in [5.41, 5.74) is 1.25. The van der Waals surface area contributed by atoms with Crippen LogP contribution in [0.1, 0.15) is 25.3 Å². The third-order valence-electron chi connectivity index (χ3n) is 3.38. The quantitative estimate of drug-likeness (QED) is 0.782. The lowest BCUT2D eigenvalue weighted by molar-refractivity contribution is 0.736. The molecule has 0 unspecified atom stereocenters. The minimum atomic E-state index is 0.681. The molecule has 112 valence electrons. The van der Waals surface area contributed by atoms with E-state index in [9.17, 15) is 0 Å². The molecule has 0 spiro atoms. The molecule has 5 nitrogen and oxygen atoms in total. The monoisotopic (exact) mass is 285 g/mol. The van der Waals surface area contributed by atoms with Crippen molar-refractivity contribution in [2.75, 3.05) is 30.4 Å². The molecule has 0 aliphatic rings. The van der Waals surface area contributed by atoms with Gasteiger partial charge in [-0.25, -0.2) is 0 Å². The molecule has 0 saturated heterocycles. The lowest BCUT2D eigenvalue weighted by Gasteiger charge is -2.20. The van der Waals surface area contributed by atoms with E-state index in [1.54, 1.807) is 6.20 Å². The summed E-state index contributed by atoms with van der Waals surface area (Å²) in [6.45, 7) is 3.93. The van der Waals surface area contributed by atoms with E-state index in [1.165, 1.54) is 5.56 Å². The van der Waals surface area contributed by atoms with Crippen LogP contribution in [0.2, 0.25) is 0 Å². The maximum Gasteiger partial charge on any atom is 0.247 e. The van der Waals surface area contributed by atoms with E-state index in [-0.39, 0.29) is 0 Å². The van der Waals surface area contributed by atoms with Gasteiger partial charge in [0.1, 0.15) is 0 Å². The van der Waals surface area contributed by atoms with Crippen molar-refractivity contribution in [3.8, 4) is 0 Å². The Hall–Kier alpha value is -2.17. The van der Waals surface area contributed by atoms with Gasteiger partial charge in [-0.1, -0.05) is 43.7 Å². The van der Waals surface area contributed by atoms with E-state index < -0.39 is 0 Å². The summed E-state index contributed by atoms with van der Waals surface area (Å²) in [5.74, 6) is 1.52. The van der Waals surface area contributed by atoms with Crippen LogP contribution in [0, 0.1) is 0 Å². The van der Waals surface area contributed by atoms with Crippen molar-refractivity contribution < 1.29 is 0 Å². The molecule has 0 aliphatic heterocycles. The number of rotatable bonds is 7. The van der Waals surface area contributed by atoms with E-state index in [1.807, 2.05) is 32.3 Å². The molecular weight excluding hydrogens is 262 g/mol. The van der Waals surface area contributed by atoms with Crippen LogP contribution in [0.5, 0.6) is 0 Å². The van der Waals surface area contributed by atoms with Gasteiger partial charge in [-0.3, -0.25) is 0 Å². The smallest absolute Gasteiger partial charge is 0.247 e. The highest BCUT2D eigenvalue weighted by Gasteiger charge is 2.09. The van der Waals surface area contributed by atoms with Crippen LogP contribution in [-0.2, 0) is 6.54 Å². The number of anilines is 2. The zero-order valence-electron chi connectivity index (χ0n) is 13.0. The Balaban J connectivity index is 2.06. The lowest BCUT2D eigenvalue weighted by Crippen LogP contribution is -2.24. The third kappa shape index (κ3) is 4.41. The van der Waals surface area contributed by atoms with E-state index in [0.29, 0.717) is 5.95 Å². The molecule has 0 saturated carbocycles. The summed E-state index contributed by atoms with van der Waals surface area (Å²) in [6, 6.07) is 10.3. The molecule has 0 bridgehead atoms. The van der Waals surface area contributed by atoms with Gasteiger partial charge in [0.15, 0.2) is 5.82 Å². The normalized spacial score (nSPS) is 10.4. The zero-order chi connectivity index (χ0) is 15.1. The molecule has 5 heteroatoms. The van der Waals surface area contributed by atoms with E-state index in [4.69, 9.17) is 0 Å². The number of unbranched alkanes of at least 4 members (excludes halogenated alkanes) is 1. The molecule has 1 aromatic carbocycles. The molecule has 2 rings (SSSR count). The summed E-state index contributed by atoms with van der Waals surface area (Å²) in [5, 5.41) is 8.20. The van der Waals surface area contributed by atoms with Gasteiger partial charge in [0, 0.05) is 27.2 Å². The molecule has 0 radical (unpaired) electrons. The van der Waals surface area contributed by atoms with E-state index >= 15 is 0 Å². The molecular formula is C16H23N5. The predicted octanol–water partition coefficient (Wildman–Crippen LogP) is 2.74. The maximum atomic E-state index is 4.60. The Kier molecular flexibility index (Phi) is 5.49. The van der Waals surface area contributed by atoms with Crippen molar-refractivity contribution in [1.82, 2.24) is 15.2 Å². The summed E-state index contributed by atoms with van der Waals surface area (Å²) in [4.78, 5) is 8.74. The first-order valence-corrected chi connectivity index (χ1v) is 7.36. The first kappa shape index (κ1) is 15.2. The Morgan fingerprint density at radius 1 is 1.05 bits per heavy atom. The van der Waals surface area contributed by atoms with Crippen LogP contribution in [0.25, 0.3) is 0 Å². The Bertz CT molecular complexity index is 543. The number of nitrogens with zero attached hydrogens (tertiary/aromatic N) is 5. The van der Waals surface area contributed by atoms with Gasteiger partial charge in [0.2, 0.25) is 5.95 Å². The summed E-state index contributed by atoms with van der Waals surface area (Å²) >= 11 is 0. The average Bonchev–Trinajstić information content (AvgIpc) is 2.53. The molecule has 0 fully saturated rings. The third-order valence-corrected chi connectivity index (χ3v) is 3.38. The van der Waals surface area contributed by atoms with Crippen molar-refractivity contribution in [3.63, 3.8) is 0 Å². The van der Waals surface area contributed by atoms with Gasteiger partial charge in [-0.2, -0.15) is 10.1 Å². The van der Waals surface area contributed by atoms with Crippen LogP contribution in [0.15, 0.2) is 36.5 Å². The van der Waals surface area contributed by atoms with Crippen molar-refractivity contribution >= 4 is 11.8 Å². The van der Waals surface area contributed by atoms with E-state index in [2.05, 4.69) is 44.0 Å². The first-order chi connectivity index (χ1) is 10.2. The molecule has 0 N–H and O–H groups in total. The van der Waals surface area contributed by atoms with Gasteiger partial charge >= 0.3 is 0 Å². The molecule has 0 amide bonds. The standard InChI is InChI=1S/C16H23N5/c1-4-5-11-20(2)16-18-15(12-17-19-16)21(3)13-14-9-7-6-8-10-14/h6-10,12H,4-5,11,13H2,1-3H3. The SMILES string of the molecule is CCCCN(C)c1nncc(N(C)Cc2ccccc2)n1. The van der Waals surface area contributed by atoms with Crippen molar-refractivity contribution in [2.24, 2.45) is 0 Å². The highest BCUT2D eigenvalue weighted by Crippen LogP contribution is 2.14. The number of hydrogen-bond acceptors (Lipinski definition) is 5. The Morgan fingerprint density at radius 3 is 2.52 bits per heavy atom. The highest BCUT2D eigenvalue weighted by molar-refractivity contribution is 5.41. The predicted molar refractivity (Wildman–Crippen MR) is 86.6 cm³/mol. The molecule has 0 aliphatic carbocycles. The fourth-order valence-corrected chi connectivity index (χ4v) is 2.07. The molecule has 0 atom stereocenters. The summed E-state index contributed by atoms with van der Waals surface area (Å²) in [7, 11) is 4.03.